The topological polar surface area (TPSA) is 138 Å². The first kappa shape index (κ1) is 41.9. The Labute approximate surface area is 363 Å². The van der Waals surface area contributed by atoms with Crippen molar-refractivity contribution >= 4 is 45.8 Å². The Morgan fingerprint density at radius 3 is 2.75 bits per heavy atom. The van der Waals surface area contributed by atoms with Gasteiger partial charge in [-0.1, -0.05) is 27.2 Å². The number of fused-ring (bicyclic) bond motifs is 7. The number of piperazine rings is 1. The maximum Gasteiger partial charge on any atom is 0.324 e. The van der Waals surface area contributed by atoms with Crippen LogP contribution in [-0.2, 0) is 43.4 Å². The SMILES string of the molecule is CC[n+]1c(-c2cc(N3CCN4CCCC[C@@H]4C3)cnc2[C@H](C)OC)n2c3cc(ccc31)-c1csc(n1)C[C@H](NC(=O)[C@H]1C[C@@H]1C)C(=O)N1CCC[C@H](N1)C(=O)OCC(C)(C)C2. The van der Waals surface area contributed by atoms with Gasteiger partial charge in [-0.15, -0.1) is 11.3 Å². The van der Waals surface area contributed by atoms with Gasteiger partial charge in [0.15, 0.2) is 11.0 Å². The summed E-state index contributed by atoms with van der Waals surface area (Å²) >= 11 is 1.49. The van der Waals surface area contributed by atoms with E-state index >= 15 is 0 Å². The summed E-state index contributed by atoms with van der Waals surface area (Å²) in [6, 6.07) is 7.89. The molecule has 3 aromatic heterocycles. The average molecular weight is 853 g/mol. The van der Waals surface area contributed by atoms with Crippen LogP contribution < -0.4 is 20.2 Å². The molecule has 1 saturated carbocycles. The minimum absolute atomic E-state index is 0.0915. The molecule has 0 spiro atoms. The number of hydrogen-bond donors (Lipinski definition) is 2. The summed E-state index contributed by atoms with van der Waals surface area (Å²) < 4.78 is 16.9. The minimum Gasteiger partial charge on any atom is -0.464 e. The Balaban J connectivity index is 1.16. The summed E-state index contributed by atoms with van der Waals surface area (Å²) in [4.78, 5) is 56.7. The van der Waals surface area contributed by atoms with Crippen molar-refractivity contribution in [1.29, 1.82) is 0 Å². The van der Waals surface area contributed by atoms with Crippen LogP contribution in [0, 0.1) is 17.3 Å². The number of anilines is 1. The van der Waals surface area contributed by atoms with Crippen LogP contribution in [0.5, 0.6) is 0 Å². The average Bonchev–Trinajstić information content (AvgIpc) is 3.70. The first-order valence-electron chi connectivity index (χ1n) is 22.5. The van der Waals surface area contributed by atoms with E-state index in [-0.39, 0.29) is 36.9 Å². The number of nitrogens with one attached hydrogen (secondary N) is 2. The van der Waals surface area contributed by atoms with Crippen LogP contribution in [-0.4, -0.2) is 107 Å². The lowest BCUT2D eigenvalue weighted by Crippen LogP contribution is -2.60. The molecule has 3 saturated heterocycles. The second-order valence-corrected chi connectivity index (χ2v) is 19.7. The fourth-order valence-corrected chi connectivity index (χ4v) is 10.8. The highest BCUT2D eigenvalue weighted by Gasteiger charge is 2.42. The third-order valence-electron chi connectivity index (χ3n) is 13.7. The normalized spacial score (nSPS) is 26.4. The molecular weight excluding hydrogens is 791 g/mol. The van der Waals surface area contributed by atoms with Gasteiger partial charge in [0.1, 0.15) is 18.7 Å². The highest BCUT2D eigenvalue weighted by atomic mass is 32.1. The summed E-state index contributed by atoms with van der Waals surface area (Å²) in [7, 11) is 1.74. The number of cyclic esters (lactones) is 1. The number of benzene rings is 1. The quantitative estimate of drug-likeness (QED) is 0.187. The van der Waals surface area contributed by atoms with Crippen molar-refractivity contribution < 1.29 is 28.4 Å². The largest absolute Gasteiger partial charge is 0.464 e. The molecule has 5 aliphatic rings. The number of nitrogens with zero attached hydrogens (tertiary/aromatic N) is 7. The van der Waals surface area contributed by atoms with Crippen molar-refractivity contribution in [2.75, 3.05) is 51.3 Å². The molecule has 0 radical (unpaired) electrons. The lowest BCUT2D eigenvalue weighted by atomic mass is 9.94. The molecule has 4 aromatic rings. The van der Waals surface area contributed by atoms with Gasteiger partial charge < -0.3 is 19.7 Å². The van der Waals surface area contributed by atoms with Gasteiger partial charge in [-0.2, -0.15) is 0 Å². The Morgan fingerprint density at radius 2 is 1.97 bits per heavy atom. The van der Waals surface area contributed by atoms with Crippen LogP contribution in [0.2, 0.25) is 0 Å². The number of aryl methyl sites for hydroxylation is 1. The lowest BCUT2D eigenvalue weighted by Gasteiger charge is -2.44. The molecule has 9 rings (SSSR count). The van der Waals surface area contributed by atoms with E-state index in [1.54, 1.807) is 7.11 Å². The van der Waals surface area contributed by atoms with E-state index in [0.29, 0.717) is 44.4 Å². The van der Waals surface area contributed by atoms with E-state index in [9.17, 15) is 14.4 Å². The molecule has 4 fully saturated rings. The summed E-state index contributed by atoms with van der Waals surface area (Å²) in [5.74, 6) is 0.459. The van der Waals surface area contributed by atoms with Crippen LogP contribution in [0.25, 0.3) is 33.7 Å². The fraction of sp³-hybridized carbons (Fsp3) is 0.609. The number of carbonyl (C=O) groups is 3. The standard InChI is InChI=1S/C46H61N9O5S/c1-7-53-38-14-13-30-20-39(38)54(43(53)34-21-32(23-47-41(34)29(3)59-6)52-18-17-51-15-9-8-11-31(51)24-52)26-46(4,5)27-60-45(58)35-12-10-16-55(50-35)44(57)36(22-40-48-37(30)25-61-40)49-42(56)33-19-28(33)2/h13-14,20-21,23,25,28-29,31,33,35-36,50H,7-12,15-19,22,24,26-27H2,1-6H3/p+1/t28-,29-,31+,33-,35-,36-/m0/s1. The number of ether oxygens (including phenoxy) is 2. The molecular formula is C46H62N9O5S+. The molecule has 6 atom stereocenters. The van der Waals surface area contributed by atoms with Crippen molar-refractivity contribution in [3.8, 4) is 22.6 Å². The van der Waals surface area contributed by atoms with Gasteiger partial charge >= 0.3 is 5.97 Å². The third-order valence-corrected chi connectivity index (χ3v) is 14.6. The van der Waals surface area contributed by atoms with Gasteiger partial charge in [0.2, 0.25) is 5.91 Å². The lowest BCUT2D eigenvalue weighted by molar-refractivity contribution is -0.657. The second kappa shape index (κ2) is 17.0. The van der Waals surface area contributed by atoms with Gasteiger partial charge in [0.25, 0.3) is 11.7 Å². The Morgan fingerprint density at radius 1 is 1.13 bits per heavy atom. The van der Waals surface area contributed by atoms with Crippen LogP contribution in [0.15, 0.2) is 35.8 Å². The second-order valence-electron chi connectivity index (χ2n) is 18.8. The molecule has 2 amide bonds. The number of hydrazine groups is 1. The van der Waals surface area contributed by atoms with E-state index in [1.807, 2.05) is 11.6 Å². The monoisotopic (exact) mass is 852 g/mol. The number of piperidine rings is 1. The molecule has 1 aromatic carbocycles. The van der Waals surface area contributed by atoms with Gasteiger partial charge in [0, 0.05) is 68.0 Å². The summed E-state index contributed by atoms with van der Waals surface area (Å²) in [6.07, 6.45) is 7.80. The van der Waals surface area contributed by atoms with E-state index in [0.717, 1.165) is 76.1 Å². The zero-order valence-electron chi connectivity index (χ0n) is 36.6. The molecule has 14 nitrogen and oxygen atoms in total. The van der Waals surface area contributed by atoms with Crippen LogP contribution >= 0.6 is 11.3 Å². The molecule has 4 aliphatic heterocycles. The first-order valence-corrected chi connectivity index (χ1v) is 23.4. The molecule has 6 bridgehead atoms. The smallest absolute Gasteiger partial charge is 0.324 e. The number of esters is 1. The number of hydrogen-bond acceptors (Lipinski definition) is 11. The van der Waals surface area contributed by atoms with Crippen LogP contribution in [0.3, 0.4) is 0 Å². The zero-order valence-corrected chi connectivity index (χ0v) is 37.4. The predicted molar refractivity (Wildman–Crippen MR) is 235 cm³/mol. The Kier molecular flexibility index (Phi) is 11.7. The van der Waals surface area contributed by atoms with Crippen molar-refractivity contribution in [3.63, 3.8) is 0 Å². The van der Waals surface area contributed by atoms with E-state index in [2.05, 4.69) is 88.6 Å². The summed E-state index contributed by atoms with van der Waals surface area (Å²) in [6.45, 7) is 16.6. The molecule has 0 unspecified atom stereocenters. The number of methoxy groups -OCH3 is 1. The summed E-state index contributed by atoms with van der Waals surface area (Å²) in [5, 5.41) is 7.37. The first-order chi connectivity index (χ1) is 29.4. The van der Waals surface area contributed by atoms with Gasteiger partial charge in [-0.05, 0) is 82.7 Å². The highest BCUT2D eigenvalue weighted by Crippen LogP contribution is 2.39. The Hall–Kier alpha value is -4.44. The minimum atomic E-state index is -0.829. The number of rotatable bonds is 7. The number of thiazole rings is 1. The number of amides is 2. The van der Waals surface area contributed by atoms with E-state index in [1.165, 1.54) is 42.2 Å². The van der Waals surface area contributed by atoms with Gasteiger partial charge in [-0.3, -0.25) is 29.3 Å². The van der Waals surface area contributed by atoms with Crippen molar-refractivity contribution in [1.82, 2.24) is 35.2 Å². The van der Waals surface area contributed by atoms with E-state index in [4.69, 9.17) is 19.4 Å². The summed E-state index contributed by atoms with van der Waals surface area (Å²) in [5.41, 5.74) is 9.56. The van der Waals surface area contributed by atoms with Crippen LogP contribution in [0.1, 0.15) is 89.9 Å². The molecule has 15 heteroatoms. The molecule has 1 aliphatic carbocycles. The molecule has 2 N–H and O–H groups in total. The maximum absolute atomic E-state index is 14.2. The predicted octanol–water partition coefficient (Wildman–Crippen LogP) is 5.28. The highest BCUT2D eigenvalue weighted by molar-refractivity contribution is 7.10. The van der Waals surface area contributed by atoms with Gasteiger partial charge in [0.05, 0.1) is 53.0 Å². The number of carbonyl (C=O) groups excluding carboxylic acids is 3. The van der Waals surface area contributed by atoms with Crippen LogP contribution in [0.4, 0.5) is 5.69 Å². The van der Waals surface area contributed by atoms with E-state index < -0.39 is 23.5 Å². The Bertz CT molecular complexity index is 2310. The zero-order chi connectivity index (χ0) is 42.6. The molecule has 7 heterocycles. The number of aromatic nitrogens is 4. The fourth-order valence-electron chi connectivity index (χ4n) is 9.94. The molecule has 326 valence electrons. The number of pyridine rings is 1. The van der Waals surface area contributed by atoms with Crippen molar-refractivity contribution in [2.24, 2.45) is 17.3 Å². The maximum atomic E-state index is 14.2. The number of imidazole rings is 1. The van der Waals surface area contributed by atoms with Crippen molar-refractivity contribution in [3.05, 3.63) is 46.5 Å². The molecule has 61 heavy (non-hydrogen) atoms. The van der Waals surface area contributed by atoms with Gasteiger partial charge in [-0.25, -0.2) is 19.5 Å². The van der Waals surface area contributed by atoms with Crippen molar-refractivity contribution in [2.45, 2.75) is 117 Å². The third kappa shape index (κ3) is 8.42.